The van der Waals surface area contributed by atoms with Crippen LogP contribution in [0.3, 0.4) is 0 Å². The summed E-state index contributed by atoms with van der Waals surface area (Å²) in [6.07, 6.45) is 2.66. The van der Waals surface area contributed by atoms with E-state index >= 15 is 0 Å². The van der Waals surface area contributed by atoms with E-state index in [9.17, 15) is 9.47 Å². The minimum absolute atomic E-state index is 0.441. The van der Waals surface area contributed by atoms with Crippen LogP contribution < -0.4 is 19.1 Å². The van der Waals surface area contributed by atoms with E-state index in [1.807, 2.05) is 79.7 Å². The number of hydrogen-bond acceptors (Lipinski definition) is 6. The highest BCUT2D eigenvalue weighted by Crippen LogP contribution is 2.31. The lowest BCUT2D eigenvalue weighted by molar-refractivity contribution is 0.167. The van der Waals surface area contributed by atoms with E-state index < -0.39 is 11.0 Å². The van der Waals surface area contributed by atoms with Gasteiger partial charge in [-0.2, -0.15) is 5.26 Å². The standard InChI is InChI=1S/C34H35N3O4S/c1-25-33(36-42(2)38)7-4-8-34(25)37(21-27-11-9-26(20-35)10-12-27)22-28-13-15-30(16-14-28)41-32-6-3-5-31(19-32)40-24-29-17-18-39-23-29/h3-16,19,29,36H,17-18,21-24H2,1-2H3. The van der Waals surface area contributed by atoms with Crippen molar-refractivity contribution >= 4 is 22.4 Å². The number of hydrogen-bond donors (Lipinski definition) is 1. The molecule has 0 aliphatic carbocycles. The summed E-state index contributed by atoms with van der Waals surface area (Å²) in [6.45, 7) is 5.54. The van der Waals surface area contributed by atoms with Gasteiger partial charge in [-0.15, -0.1) is 0 Å². The van der Waals surface area contributed by atoms with Crippen LogP contribution in [0.5, 0.6) is 17.2 Å². The molecule has 1 heterocycles. The summed E-state index contributed by atoms with van der Waals surface area (Å²) in [5.41, 5.74) is 5.73. The number of benzene rings is 4. The van der Waals surface area contributed by atoms with Crippen LogP contribution >= 0.6 is 0 Å². The van der Waals surface area contributed by atoms with E-state index in [-0.39, 0.29) is 0 Å². The third-order valence-corrected chi connectivity index (χ3v) is 7.71. The van der Waals surface area contributed by atoms with Gasteiger partial charge in [-0.1, -0.05) is 36.4 Å². The van der Waals surface area contributed by atoms with Gasteiger partial charge >= 0.3 is 0 Å². The quantitative estimate of drug-likeness (QED) is 0.194. The lowest BCUT2D eigenvalue weighted by Gasteiger charge is -2.28. The third kappa shape index (κ3) is 7.90. The molecule has 5 rings (SSSR count). The first kappa shape index (κ1) is 29.2. The summed E-state index contributed by atoms with van der Waals surface area (Å²) in [7, 11) is -1.18. The normalized spacial score (nSPS) is 15.0. The molecule has 1 aliphatic rings. The highest BCUT2D eigenvalue weighted by Gasteiger charge is 2.17. The Labute approximate surface area is 250 Å². The molecule has 216 valence electrons. The Bertz CT molecular complexity index is 1540. The third-order valence-electron chi connectivity index (χ3n) is 7.20. The minimum Gasteiger partial charge on any atom is -0.493 e. The molecular formula is C34H35N3O4S. The molecule has 4 aromatic carbocycles. The molecule has 0 amide bonds. The van der Waals surface area contributed by atoms with Crippen molar-refractivity contribution in [2.24, 2.45) is 5.92 Å². The molecule has 1 saturated heterocycles. The predicted octanol–water partition coefficient (Wildman–Crippen LogP) is 6.99. The van der Waals surface area contributed by atoms with Gasteiger partial charge in [0.1, 0.15) is 28.2 Å². The SMILES string of the molecule is Cc1c(NS(C)=O)cccc1N(Cc1ccc(C#N)cc1)Cc1ccc(Oc2cccc(OCC3CCOC3)c2)cc1. The molecule has 0 aromatic heterocycles. The average Bonchev–Trinajstić information content (AvgIpc) is 3.52. The van der Waals surface area contributed by atoms with Gasteiger partial charge in [0.05, 0.1) is 30.5 Å². The molecule has 1 aliphatic heterocycles. The molecule has 4 aromatic rings. The summed E-state index contributed by atoms with van der Waals surface area (Å²) >= 11 is 0. The van der Waals surface area contributed by atoms with Crippen LogP contribution in [0.15, 0.2) is 91.0 Å². The van der Waals surface area contributed by atoms with Crippen molar-refractivity contribution in [3.8, 4) is 23.3 Å². The molecule has 0 bridgehead atoms. The van der Waals surface area contributed by atoms with E-state index in [1.54, 1.807) is 6.26 Å². The van der Waals surface area contributed by atoms with Crippen LogP contribution in [0.2, 0.25) is 0 Å². The largest absolute Gasteiger partial charge is 0.493 e. The maximum Gasteiger partial charge on any atom is 0.131 e. The molecule has 1 N–H and O–H groups in total. The fourth-order valence-electron chi connectivity index (χ4n) is 4.94. The highest BCUT2D eigenvalue weighted by atomic mass is 32.2. The van der Waals surface area contributed by atoms with E-state index in [2.05, 4.69) is 33.9 Å². The van der Waals surface area contributed by atoms with Crippen LogP contribution in [-0.2, 0) is 28.8 Å². The zero-order valence-electron chi connectivity index (χ0n) is 23.9. The number of nitriles is 1. The van der Waals surface area contributed by atoms with Crippen molar-refractivity contribution in [3.63, 3.8) is 0 Å². The molecule has 8 heteroatoms. The monoisotopic (exact) mass is 581 g/mol. The highest BCUT2D eigenvalue weighted by molar-refractivity contribution is 7.85. The molecule has 42 heavy (non-hydrogen) atoms. The van der Waals surface area contributed by atoms with E-state index in [4.69, 9.17) is 14.2 Å². The van der Waals surface area contributed by atoms with E-state index in [0.717, 1.165) is 64.9 Å². The average molecular weight is 582 g/mol. The zero-order chi connectivity index (χ0) is 29.3. The zero-order valence-corrected chi connectivity index (χ0v) is 24.7. The Morgan fingerprint density at radius 3 is 2.31 bits per heavy atom. The molecular weight excluding hydrogens is 546 g/mol. The number of nitrogens with one attached hydrogen (secondary N) is 1. The number of nitrogens with zero attached hydrogens (tertiary/aromatic N) is 2. The predicted molar refractivity (Wildman–Crippen MR) is 167 cm³/mol. The van der Waals surface area contributed by atoms with Crippen LogP contribution in [0.1, 0.15) is 28.7 Å². The summed E-state index contributed by atoms with van der Waals surface area (Å²) in [4.78, 5) is 2.28. The van der Waals surface area contributed by atoms with Crippen LogP contribution in [0.4, 0.5) is 11.4 Å². The van der Waals surface area contributed by atoms with Gasteiger partial charge in [-0.25, -0.2) is 4.21 Å². The minimum atomic E-state index is -1.18. The second kappa shape index (κ2) is 14.0. The first-order valence-electron chi connectivity index (χ1n) is 14.0. The van der Waals surface area contributed by atoms with Gasteiger partial charge in [-0.3, -0.25) is 0 Å². The van der Waals surface area contributed by atoms with Crippen molar-refractivity contribution in [3.05, 3.63) is 113 Å². The van der Waals surface area contributed by atoms with Gasteiger partial charge in [0.15, 0.2) is 0 Å². The number of anilines is 2. The molecule has 0 spiro atoms. The van der Waals surface area contributed by atoms with Crippen LogP contribution in [-0.4, -0.2) is 30.3 Å². The molecule has 0 radical (unpaired) electrons. The summed E-state index contributed by atoms with van der Waals surface area (Å²) < 4.78 is 32.5. The van der Waals surface area contributed by atoms with Gasteiger partial charge in [0.25, 0.3) is 0 Å². The second-order valence-corrected chi connectivity index (χ2v) is 11.5. The Hall–Kier alpha value is -4.32. The number of rotatable bonds is 12. The van der Waals surface area contributed by atoms with Crippen LogP contribution in [0, 0.1) is 24.2 Å². The summed E-state index contributed by atoms with van der Waals surface area (Å²) in [5.74, 6) is 2.69. The smallest absolute Gasteiger partial charge is 0.131 e. The maximum absolute atomic E-state index is 11.9. The Kier molecular flexibility index (Phi) is 9.75. The van der Waals surface area contributed by atoms with Gasteiger partial charge in [-0.05, 0) is 78.6 Å². The van der Waals surface area contributed by atoms with Gasteiger partial charge in [0, 0.05) is 43.6 Å². The first-order valence-corrected chi connectivity index (χ1v) is 15.5. The molecule has 0 saturated carbocycles. The van der Waals surface area contributed by atoms with Crippen molar-refractivity contribution in [2.45, 2.75) is 26.4 Å². The van der Waals surface area contributed by atoms with Gasteiger partial charge < -0.3 is 23.8 Å². The van der Waals surface area contributed by atoms with Crippen molar-refractivity contribution < 1.29 is 18.4 Å². The fraction of sp³-hybridized carbons (Fsp3) is 0.265. The molecule has 7 nitrogen and oxygen atoms in total. The molecule has 2 atom stereocenters. The molecule has 1 fully saturated rings. The molecule has 2 unspecified atom stereocenters. The summed E-state index contributed by atoms with van der Waals surface area (Å²) in [5, 5.41) is 9.20. The Morgan fingerprint density at radius 2 is 1.64 bits per heavy atom. The fourth-order valence-corrected chi connectivity index (χ4v) is 5.47. The van der Waals surface area contributed by atoms with Crippen molar-refractivity contribution in [1.82, 2.24) is 0 Å². The van der Waals surface area contributed by atoms with Crippen LogP contribution in [0.25, 0.3) is 0 Å². The maximum atomic E-state index is 11.9. The van der Waals surface area contributed by atoms with E-state index in [0.29, 0.717) is 31.2 Å². The Balaban J connectivity index is 1.31. The Morgan fingerprint density at radius 1 is 0.952 bits per heavy atom. The summed E-state index contributed by atoms with van der Waals surface area (Å²) in [6, 6.07) is 31.6. The van der Waals surface area contributed by atoms with Crippen molar-refractivity contribution in [2.75, 3.05) is 35.7 Å². The first-order chi connectivity index (χ1) is 20.5. The second-order valence-electron chi connectivity index (χ2n) is 10.4. The lowest BCUT2D eigenvalue weighted by atomic mass is 10.1. The van der Waals surface area contributed by atoms with E-state index in [1.165, 1.54) is 0 Å². The van der Waals surface area contributed by atoms with Gasteiger partial charge in [0.2, 0.25) is 0 Å². The number of ether oxygens (including phenoxy) is 3. The lowest BCUT2D eigenvalue weighted by Crippen LogP contribution is -2.23. The topological polar surface area (TPSA) is 83.8 Å². The van der Waals surface area contributed by atoms with Crippen molar-refractivity contribution in [1.29, 1.82) is 5.26 Å².